The van der Waals surface area contributed by atoms with Gasteiger partial charge in [-0.2, -0.15) is 17.5 Å². The van der Waals surface area contributed by atoms with E-state index in [0.717, 1.165) is 17.9 Å². The molecule has 2 aromatic carbocycles. The van der Waals surface area contributed by atoms with Crippen molar-refractivity contribution < 1.29 is 56.0 Å². The Labute approximate surface area is 223 Å². The number of alkyl halides is 3. The van der Waals surface area contributed by atoms with Gasteiger partial charge >= 0.3 is 18.1 Å². The van der Waals surface area contributed by atoms with Gasteiger partial charge in [-0.3, -0.25) is 4.90 Å². The van der Waals surface area contributed by atoms with Gasteiger partial charge in [0.25, 0.3) is 0 Å². The molecule has 39 heavy (non-hydrogen) atoms. The molecule has 3 N–H and O–H groups in total. The molecule has 1 fully saturated rings. The molecule has 1 aliphatic heterocycles. The number of halogens is 3. The first-order chi connectivity index (χ1) is 18.2. The maximum atomic E-state index is 12.9. The number of ether oxygens (including phenoxy) is 2. The van der Waals surface area contributed by atoms with E-state index in [4.69, 9.17) is 29.3 Å². The maximum absolute atomic E-state index is 12.9. The quantitative estimate of drug-likeness (QED) is 0.377. The number of piperazine rings is 1. The molecule has 0 radical (unpaired) electrons. The van der Waals surface area contributed by atoms with Crippen molar-refractivity contribution >= 4 is 22.0 Å². The minimum Gasteiger partial charge on any atom is -0.494 e. The molecular weight excluding hydrogens is 549 g/mol. The molecule has 0 aliphatic carbocycles. The molecule has 0 aromatic heterocycles. The summed E-state index contributed by atoms with van der Waals surface area (Å²) in [6.45, 7) is 3.73. The molecule has 0 amide bonds. The molecule has 11 nitrogen and oxygen atoms in total. The number of carboxylic acid groups (broad SMARTS) is 2. The number of nitrogens with zero attached hydrogens (tertiary/aromatic N) is 2. The Morgan fingerprint density at radius 3 is 1.97 bits per heavy atom. The normalized spacial score (nSPS) is 15.5. The van der Waals surface area contributed by atoms with Gasteiger partial charge in [0.1, 0.15) is 24.2 Å². The van der Waals surface area contributed by atoms with Crippen molar-refractivity contribution in [1.29, 1.82) is 0 Å². The van der Waals surface area contributed by atoms with Crippen molar-refractivity contribution in [2.75, 3.05) is 45.9 Å². The van der Waals surface area contributed by atoms with Crippen molar-refractivity contribution in [1.82, 2.24) is 9.21 Å². The van der Waals surface area contributed by atoms with Crippen LogP contribution in [0.25, 0.3) is 0 Å². The van der Waals surface area contributed by atoms with E-state index in [9.17, 15) is 26.7 Å². The summed E-state index contributed by atoms with van der Waals surface area (Å²) in [6.07, 6.45) is -5.41. The molecule has 1 aliphatic rings. The summed E-state index contributed by atoms with van der Waals surface area (Å²) in [6, 6.07) is 10.8. The largest absolute Gasteiger partial charge is 0.494 e. The standard InChI is InChI=1S/C22H27F3N2O5S.C2H2O4/c1-2-31-19-6-8-20(9-7-19)32-16-18(28)15-26-10-12-27(13-11-26)33(29,30)21-5-3-4-17(14-21)22(23,24)25;3-1(4)2(5)6/h3-9,14,18,28H,2,10-13,15-16H2,1H3;(H,3,4)(H,5,6). The second-order valence-electron chi connectivity index (χ2n) is 8.21. The van der Waals surface area contributed by atoms with Gasteiger partial charge in [0, 0.05) is 32.7 Å². The minimum absolute atomic E-state index is 0.0662. The zero-order chi connectivity index (χ0) is 29.2. The van der Waals surface area contributed by atoms with Gasteiger partial charge in [-0.05, 0) is 49.4 Å². The highest BCUT2D eigenvalue weighted by atomic mass is 32.2. The number of carbonyl (C=O) groups is 2. The lowest BCUT2D eigenvalue weighted by Gasteiger charge is -2.34. The molecule has 0 spiro atoms. The van der Waals surface area contributed by atoms with Crippen molar-refractivity contribution in [3.05, 3.63) is 54.1 Å². The van der Waals surface area contributed by atoms with Crippen LogP contribution in [0.5, 0.6) is 11.5 Å². The third-order valence-corrected chi connectivity index (χ3v) is 7.25. The first-order valence-electron chi connectivity index (χ1n) is 11.6. The zero-order valence-corrected chi connectivity index (χ0v) is 21.7. The summed E-state index contributed by atoms with van der Waals surface area (Å²) in [5, 5.41) is 25.1. The van der Waals surface area contributed by atoms with Gasteiger partial charge in [0.15, 0.2) is 0 Å². The Morgan fingerprint density at radius 1 is 0.949 bits per heavy atom. The molecular formula is C24H29F3N2O9S. The monoisotopic (exact) mass is 578 g/mol. The molecule has 3 rings (SSSR count). The van der Waals surface area contributed by atoms with Gasteiger partial charge in [0.2, 0.25) is 10.0 Å². The summed E-state index contributed by atoms with van der Waals surface area (Å²) in [7, 11) is -4.04. The first-order valence-corrected chi connectivity index (χ1v) is 13.1. The Balaban J connectivity index is 0.000000798. The van der Waals surface area contributed by atoms with Gasteiger partial charge < -0.3 is 24.8 Å². The van der Waals surface area contributed by atoms with E-state index in [1.807, 2.05) is 11.8 Å². The van der Waals surface area contributed by atoms with Gasteiger partial charge in [-0.1, -0.05) is 6.07 Å². The number of sulfonamides is 1. The van der Waals surface area contributed by atoms with Crippen LogP contribution in [-0.2, 0) is 25.8 Å². The first kappa shape index (κ1) is 31.8. The van der Waals surface area contributed by atoms with Crippen LogP contribution in [0.3, 0.4) is 0 Å². The summed E-state index contributed by atoms with van der Waals surface area (Å²) in [5.41, 5.74) is -1.00. The summed E-state index contributed by atoms with van der Waals surface area (Å²) < 4.78 is 76.5. The minimum atomic E-state index is -4.62. The van der Waals surface area contributed by atoms with E-state index in [0.29, 0.717) is 31.5 Å². The van der Waals surface area contributed by atoms with Crippen LogP contribution >= 0.6 is 0 Å². The van der Waals surface area contributed by atoms with Gasteiger partial charge in [-0.15, -0.1) is 0 Å². The number of benzene rings is 2. The molecule has 216 valence electrons. The Kier molecular flexibility index (Phi) is 11.5. The van der Waals surface area contributed by atoms with Gasteiger partial charge in [-0.25, -0.2) is 18.0 Å². The molecule has 15 heteroatoms. The molecule has 2 aromatic rings. The van der Waals surface area contributed by atoms with E-state index < -0.39 is 39.8 Å². The smallest absolute Gasteiger partial charge is 0.416 e. The lowest BCUT2D eigenvalue weighted by atomic mass is 10.2. The number of hydrogen-bond acceptors (Lipinski definition) is 8. The Bertz CT molecular complexity index is 1190. The Morgan fingerprint density at radius 2 is 1.49 bits per heavy atom. The number of hydrogen-bond donors (Lipinski definition) is 3. The van der Waals surface area contributed by atoms with E-state index in [1.165, 1.54) is 10.4 Å². The fraction of sp³-hybridized carbons (Fsp3) is 0.417. The van der Waals surface area contributed by atoms with Crippen molar-refractivity contribution in [2.45, 2.75) is 24.1 Å². The van der Waals surface area contributed by atoms with E-state index in [1.54, 1.807) is 24.3 Å². The number of aliphatic hydroxyl groups excluding tert-OH is 1. The average Bonchev–Trinajstić information content (AvgIpc) is 2.89. The number of β-amino-alcohol motifs (C(OH)–C–C–N with tert-alkyl or cyclic N) is 1. The molecule has 1 saturated heterocycles. The molecule has 0 saturated carbocycles. The van der Waals surface area contributed by atoms with E-state index in [2.05, 4.69) is 0 Å². The van der Waals surface area contributed by atoms with Crippen molar-refractivity contribution in [3.63, 3.8) is 0 Å². The average molecular weight is 579 g/mol. The molecule has 0 bridgehead atoms. The van der Waals surface area contributed by atoms with E-state index >= 15 is 0 Å². The van der Waals surface area contributed by atoms with Crippen LogP contribution in [0.2, 0.25) is 0 Å². The highest BCUT2D eigenvalue weighted by molar-refractivity contribution is 7.89. The third-order valence-electron chi connectivity index (χ3n) is 5.36. The Hall–Kier alpha value is -3.40. The van der Waals surface area contributed by atoms with Crippen LogP contribution in [0.15, 0.2) is 53.4 Å². The lowest BCUT2D eigenvalue weighted by molar-refractivity contribution is -0.159. The van der Waals surface area contributed by atoms with E-state index in [-0.39, 0.29) is 31.1 Å². The van der Waals surface area contributed by atoms with Crippen molar-refractivity contribution in [3.8, 4) is 11.5 Å². The van der Waals surface area contributed by atoms with Crippen molar-refractivity contribution in [2.24, 2.45) is 0 Å². The fourth-order valence-electron chi connectivity index (χ4n) is 3.48. The molecule has 1 atom stereocenters. The second-order valence-corrected chi connectivity index (χ2v) is 10.1. The lowest BCUT2D eigenvalue weighted by Crippen LogP contribution is -2.50. The number of aliphatic carboxylic acids is 2. The summed E-state index contributed by atoms with van der Waals surface area (Å²) in [4.78, 5) is 19.7. The summed E-state index contributed by atoms with van der Waals surface area (Å²) in [5.74, 6) is -2.33. The number of rotatable bonds is 9. The number of aliphatic hydroxyl groups is 1. The molecule has 1 unspecified atom stereocenters. The number of carboxylic acids is 2. The zero-order valence-electron chi connectivity index (χ0n) is 20.9. The highest BCUT2D eigenvalue weighted by Gasteiger charge is 2.34. The summed E-state index contributed by atoms with van der Waals surface area (Å²) >= 11 is 0. The predicted octanol–water partition coefficient (Wildman–Crippen LogP) is 2.01. The third kappa shape index (κ3) is 10.0. The van der Waals surface area contributed by atoms with Crippen LogP contribution in [0.4, 0.5) is 13.2 Å². The SMILES string of the molecule is CCOc1ccc(OCC(O)CN2CCN(S(=O)(=O)c3cccc(C(F)(F)F)c3)CC2)cc1.O=C(O)C(=O)O. The maximum Gasteiger partial charge on any atom is 0.416 e. The fourth-order valence-corrected chi connectivity index (χ4v) is 4.94. The van der Waals surface area contributed by atoms with Crippen LogP contribution in [0, 0.1) is 0 Å². The molecule has 1 heterocycles. The predicted molar refractivity (Wildman–Crippen MR) is 131 cm³/mol. The van der Waals surface area contributed by atoms with Gasteiger partial charge in [0.05, 0.1) is 17.1 Å². The highest BCUT2D eigenvalue weighted by Crippen LogP contribution is 2.31. The second kappa shape index (κ2) is 14.1. The van der Waals surface area contributed by atoms with Crippen LogP contribution < -0.4 is 9.47 Å². The van der Waals surface area contributed by atoms with Crippen LogP contribution in [0.1, 0.15) is 12.5 Å². The topological polar surface area (TPSA) is 154 Å². The van der Waals surface area contributed by atoms with Crippen LogP contribution in [-0.4, -0.2) is 96.9 Å².